The van der Waals surface area contributed by atoms with Crippen molar-refractivity contribution in [3.63, 3.8) is 0 Å². The van der Waals surface area contributed by atoms with Gasteiger partial charge in [-0.05, 0) is 18.9 Å². The topological polar surface area (TPSA) is 123 Å². The van der Waals surface area contributed by atoms with E-state index in [9.17, 15) is 20.1 Å². The second kappa shape index (κ2) is 7.44. The Morgan fingerprint density at radius 2 is 1.93 bits per heavy atom. The maximum atomic E-state index is 13.1. The molecule has 0 spiro atoms. The van der Waals surface area contributed by atoms with Crippen LogP contribution in [-0.4, -0.2) is 59.6 Å². The molecule has 1 aliphatic rings. The molecule has 4 atom stereocenters. The summed E-state index contributed by atoms with van der Waals surface area (Å²) in [7, 11) is 0. The van der Waals surface area contributed by atoms with Crippen LogP contribution in [0.1, 0.15) is 17.5 Å². The van der Waals surface area contributed by atoms with Crippen LogP contribution in [0.2, 0.25) is 0 Å². The van der Waals surface area contributed by atoms with E-state index in [2.05, 4.69) is 10.1 Å². The molecule has 0 saturated carbocycles. The van der Waals surface area contributed by atoms with Gasteiger partial charge >= 0.3 is 0 Å². The lowest BCUT2D eigenvalue weighted by molar-refractivity contribution is -0.0566. The summed E-state index contributed by atoms with van der Waals surface area (Å²) >= 11 is 0. The van der Waals surface area contributed by atoms with Gasteiger partial charge in [0.2, 0.25) is 0 Å². The number of nitrogens with zero attached hydrogens (tertiary/aromatic N) is 4. The molecule has 1 aromatic carbocycles. The van der Waals surface area contributed by atoms with Gasteiger partial charge in [-0.15, -0.1) is 0 Å². The first-order chi connectivity index (χ1) is 13.5. The molecule has 2 aromatic heterocycles. The van der Waals surface area contributed by atoms with E-state index in [0.29, 0.717) is 24.2 Å². The Balaban J connectivity index is 1.71. The van der Waals surface area contributed by atoms with Crippen LogP contribution in [0.3, 0.4) is 0 Å². The van der Waals surface area contributed by atoms with E-state index in [1.165, 1.54) is 15.6 Å². The molecule has 3 heterocycles. The standard InChI is InChI=1S/C19H22N4O5/c1-11-14-15(23(21-11)19-17(26)16(25)13(9-24)28-19)18(27)22(10-20-14)8-7-12-5-3-2-4-6-12/h2-6,10,13,16-17,19,24-26H,7-9H2,1H3/t13-,16-,17-,19-/m1/s1. The number of ether oxygens (including phenoxy) is 1. The van der Waals surface area contributed by atoms with Crippen molar-refractivity contribution >= 4 is 11.0 Å². The quantitative estimate of drug-likeness (QED) is 0.553. The number of aliphatic hydroxyl groups excluding tert-OH is 3. The Kier molecular flexibility index (Phi) is 4.98. The maximum absolute atomic E-state index is 13.1. The van der Waals surface area contributed by atoms with Crippen molar-refractivity contribution in [2.45, 2.75) is 44.4 Å². The molecule has 1 aliphatic heterocycles. The molecule has 0 unspecified atom stereocenters. The minimum atomic E-state index is -1.32. The van der Waals surface area contributed by atoms with Gasteiger partial charge in [0.25, 0.3) is 5.56 Å². The Morgan fingerprint density at radius 3 is 2.61 bits per heavy atom. The highest BCUT2D eigenvalue weighted by Crippen LogP contribution is 2.31. The van der Waals surface area contributed by atoms with E-state index >= 15 is 0 Å². The van der Waals surface area contributed by atoms with Gasteiger partial charge in [0.1, 0.15) is 23.8 Å². The Hall–Kier alpha value is -2.59. The van der Waals surface area contributed by atoms with E-state index in [1.54, 1.807) is 6.92 Å². The van der Waals surface area contributed by atoms with Crippen LogP contribution in [-0.2, 0) is 17.7 Å². The smallest absolute Gasteiger partial charge is 0.279 e. The lowest BCUT2D eigenvalue weighted by Crippen LogP contribution is -2.34. The Labute approximate surface area is 160 Å². The monoisotopic (exact) mass is 386 g/mol. The summed E-state index contributed by atoms with van der Waals surface area (Å²) in [6.07, 6.45) is -2.47. The first-order valence-corrected chi connectivity index (χ1v) is 9.12. The molecule has 28 heavy (non-hydrogen) atoms. The minimum Gasteiger partial charge on any atom is -0.394 e. The van der Waals surface area contributed by atoms with Gasteiger partial charge < -0.3 is 20.1 Å². The second-order valence-corrected chi connectivity index (χ2v) is 6.93. The zero-order chi connectivity index (χ0) is 19.8. The van der Waals surface area contributed by atoms with Crippen molar-refractivity contribution in [1.29, 1.82) is 0 Å². The predicted molar refractivity (Wildman–Crippen MR) is 99.7 cm³/mol. The number of hydrogen-bond acceptors (Lipinski definition) is 7. The molecule has 1 fully saturated rings. The van der Waals surface area contributed by atoms with Crippen molar-refractivity contribution < 1.29 is 20.1 Å². The number of aryl methyl sites for hydroxylation is 3. The van der Waals surface area contributed by atoms with E-state index in [-0.39, 0.29) is 11.1 Å². The number of hydrogen-bond donors (Lipinski definition) is 3. The van der Waals surface area contributed by atoms with Crippen molar-refractivity contribution in [3.05, 3.63) is 58.3 Å². The largest absolute Gasteiger partial charge is 0.394 e. The summed E-state index contributed by atoms with van der Waals surface area (Å²) in [4.78, 5) is 17.5. The normalized spacial score (nSPS) is 24.9. The first-order valence-electron chi connectivity index (χ1n) is 9.12. The number of aromatic nitrogens is 4. The molecule has 0 aliphatic carbocycles. The summed E-state index contributed by atoms with van der Waals surface area (Å²) in [5.41, 5.74) is 1.92. The fraction of sp³-hybridized carbons (Fsp3) is 0.421. The molecule has 4 rings (SSSR count). The summed E-state index contributed by atoms with van der Waals surface area (Å²) in [5.74, 6) is 0. The van der Waals surface area contributed by atoms with E-state index in [4.69, 9.17) is 4.74 Å². The van der Waals surface area contributed by atoms with Crippen LogP contribution < -0.4 is 5.56 Å². The fourth-order valence-corrected chi connectivity index (χ4v) is 3.53. The van der Waals surface area contributed by atoms with Crippen LogP contribution in [0.25, 0.3) is 11.0 Å². The number of fused-ring (bicyclic) bond motifs is 1. The number of benzene rings is 1. The second-order valence-electron chi connectivity index (χ2n) is 6.93. The third-order valence-corrected chi connectivity index (χ3v) is 5.09. The number of rotatable bonds is 5. The molecule has 9 nitrogen and oxygen atoms in total. The van der Waals surface area contributed by atoms with Crippen LogP contribution in [0.15, 0.2) is 41.5 Å². The summed E-state index contributed by atoms with van der Waals surface area (Å²) in [6.45, 7) is 1.69. The summed E-state index contributed by atoms with van der Waals surface area (Å²) in [6, 6.07) is 9.81. The zero-order valence-corrected chi connectivity index (χ0v) is 15.3. The van der Waals surface area contributed by atoms with Crippen LogP contribution in [0, 0.1) is 6.92 Å². The van der Waals surface area contributed by atoms with Crippen molar-refractivity contribution in [3.8, 4) is 0 Å². The lowest BCUT2D eigenvalue weighted by Gasteiger charge is -2.16. The molecule has 1 saturated heterocycles. The zero-order valence-electron chi connectivity index (χ0n) is 15.3. The molecule has 9 heteroatoms. The van der Waals surface area contributed by atoms with Gasteiger partial charge in [-0.2, -0.15) is 5.10 Å². The third-order valence-electron chi connectivity index (χ3n) is 5.09. The van der Waals surface area contributed by atoms with Gasteiger partial charge in [0, 0.05) is 6.54 Å². The van der Waals surface area contributed by atoms with Crippen LogP contribution >= 0.6 is 0 Å². The average Bonchev–Trinajstić information content (AvgIpc) is 3.19. The Bertz CT molecular complexity index is 1030. The summed E-state index contributed by atoms with van der Waals surface area (Å²) < 4.78 is 8.30. The molecule has 3 N–H and O–H groups in total. The highest BCUT2D eigenvalue weighted by atomic mass is 16.6. The molecule has 3 aromatic rings. The molecule has 0 radical (unpaired) electrons. The molecule has 0 bridgehead atoms. The van der Waals surface area contributed by atoms with E-state index in [0.717, 1.165) is 5.56 Å². The van der Waals surface area contributed by atoms with E-state index in [1.807, 2.05) is 30.3 Å². The van der Waals surface area contributed by atoms with E-state index < -0.39 is 31.1 Å². The summed E-state index contributed by atoms with van der Waals surface area (Å²) in [5, 5.41) is 34.0. The van der Waals surface area contributed by atoms with Gasteiger partial charge in [-0.3, -0.25) is 9.36 Å². The van der Waals surface area contributed by atoms with Gasteiger partial charge in [-0.25, -0.2) is 9.67 Å². The number of aliphatic hydroxyl groups is 3. The lowest BCUT2D eigenvalue weighted by atomic mass is 10.1. The van der Waals surface area contributed by atoms with Crippen LogP contribution in [0.4, 0.5) is 0 Å². The van der Waals surface area contributed by atoms with Crippen molar-refractivity contribution in [2.24, 2.45) is 0 Å². The minimum absolute atomic E-state index is 0.197. The average molecular weight is 386 g/mol. The van der Waals surface area contributed by atoms with Crippen molar-refractivity contribution in [1.82, 2.24) is 19.3 Å². The SMILES string of the molecule is Cc1nn([C@@H]2O[C@H](CO)[C@@H](O)[C@H]2O)c2c(=O)n(CCc3ccccc3)cnc12. The van der Waals surface area contributed by atoms with Crippen LogP contribution in [0.5, 0.6) is 0 Å². The van der Waals surface area contributed by atoms with Gasteiger partial charge in [0.05, 0.1) is 18.6 Å². The Morgan fingerprint density at radius 1 is 1.18 bits per heavy atom. The first kappa shape index (κ1) is 18.8. The fourth-order valence-electron chi connectivity index (χ4n) is 3.53. The third kappa shape index (κ3) is 3.12. The molecular weight excluding hydrogens is 364 g/mol. The predicted octanol–water partition coefficient (Wildman–Crippen LogP) is -0.244. The maximum Gasteiger partial charge on any atom is 0.279 e. The highest BCUT2D eigenvalue weighted by molar-refractivity contribution is 5.76. The molecule has 0 amide bonds. The van der Waals surface area contributed by atoms with Crippen molar-refractivity contribution in [2.75, 3.05) is 6.61 Å². The van der Waals surface area contributed by atoms with Gasteiger partial charge in [-0.1, -0.05) is 30.3 Å². The van der Waals surface area contributed by atoms with Gasteiger partial charge in [0.15, 0.2) is 11.7 Å². The molecular formula is C19H22N4O5. The highest BCUT2D eigenvalue weighted by Gasteiger charge is 2.44. The molecule has 148 valence electrons.